The van der Waals surface area contributed by atoms with Crippen molar-refractivity contribution in [3.8, 4) is 11.5 Å². The van der Waals surface area contributed by atoms with Crippen LogP contribution in [0.5, 0.6) is 11.5 Å². The van der Waals surface area contributed by atoms with Crippen molar-refractivity contribution >= 4 is 11.9 Å². The molecule has 6 heteroatoms. The lowest BCUT2D eigenvalue weighted by molar-refractivity contribution is -0.141. The number of benzene rings is 1. The van der Waals surface area contributed by atoms with Crippen LogP contribution in [0, 0.1) is 5.92 Å². The molecule has 2 unspecified atom stereocenters. The van der Waals surface area contributed by atoms with Crippen LogP contribution in [0.15, 0.2) is 12.1 Å². The summed E-state index contributed by atoms with van der Waals surface area (Å²) in [5.74, 6) is 0.575. The Morgan fingerprint density at radius 2 is 1.92 bits per heavy atom. The predicted octanol–water partition coefficient (Wildman–Crippen LogP) is 3.43. The molecule has 0 saturated carbocycles. The molecule has 144 valence electrons. The van der Waals surface area contributed by atoms with Crippen LogP contribution in [0.1, 0.15) is 56.7 Å². The molecule has 0 bridgehead atoms. The van der Waals surface area contributed by atoms with Crippen LogP contribution in [-0.4, -0.2) is 42.6 Å². The number of ether oxygens (including phenoxy) is 2. The molecular weight excluding hydrogens is 334 g/mol. The van der Waals surface area contributed by atoms with E-state index in [-0.39, 0.29) is 12.3 Å². The van der Waals surface area contributed by atoms with Gasteiger partial charge in [-0.15, -0.1) is 0 Å². The first-order valence-electron chi connectivity index (χ1n) is 9.17. The number of aliphatic carboxylic acids is 1. The van der Waals surface area contributed by atoms with Crippen LogP contribution in [0.3, 0.4) is 0 Å². The molecule has 0 fully saturated rings. The van der Waals surface area contributed by atoms with Crippen molar-refractivity contribution in [3.63, 3.8) is 0 Å². The monoisotopic (exact) mass is 363 g/mol. The van der Waals surface area contributed by atoms with E-state index in [0.29, 0.717) is 36.8 Å². The van der Waals surface area contributed by atoms with Gasteiger partial charge in [0.1, 0.15) is 0 Å². The fourth-order valence-corrected chi connectivity index (χ4v) is 3.72. The minimum Gasteiger partial charge on any atom is -0.493 e. The van der Waals surface area contributed by atoms with Gasteiger partial charge >= 0.3 is 5.97 Å². The van der Waals surface area contributed by atoms with Crippen molar-refractivity contribution in [2.45, 2.75) is 52.0 Å². The Bertz CT molecular complexity index is 658. The molecule has 0 saturated heterocycles. The molecule has 1 N–H and O–H groups in total. The Morgan fingerprint density at radius 1 is 1.27 bits per heavy atom. The molecule has 6 nitrogen and oxygen atoms in total. The molecule has 0 aliphatic carbocycles. The van der Waals surface area contributed by atoms with Gasteiger partial charge in [-0.1, -0.05) is 26.7 Å². The summed E-state index contributed by atoms with van der Waals surface area (Å²) < 4.78 is 10.7. The minimum atomic E-state index is -0.919. The molecule has 1 aliphatic heterocycles. The number of hydrogen-bond donors (Lipinski definition) is 1. The van der Waals surface area contributed by atoms with Crippen molar-refractivity contribution in [3.05, 3.63) is 23.3 Å². The van der Waals surface area contributed by atoms with E-state index in [0.717, 1.165) is 24.0 Å². The Balaban J connectivity index is 2.35. The third-order valence-electron chi connectivity index (χ3n) is 5.00. The summed E-state index contributed by atoms with van der Waals surface area (Å²) >= 11 is 0. The van der Waals surface area contributed by atoms with Gasteiger partial charge in [-0.2, -0.15) is 0 Å². The molecule has 1 aromatic carbocycles. The Kier molecular flexibility index (Phi) is 6.89. The molecular formula is C20H29NO5. The standard InChI is InChI=1S/C20H29NO5/c1-5-6-13(2)9-19(22)21-8-7-14-10-17(25-3)18(26-4)11-15(14)16(21)12-20(23)24/h10-11,13,16H,5-9,12H2,1-4H3,(H,23,24). The van der Waals surface area contributed by atoms with Crippen LogP contribution in [0.2, 0.25) is 0 Å². The highest BCUT2D eigenvalue weighted by Crippen LogP contribution is 2.39. The molecule has 26 heavy (non-hydrogen) atoms. The lowest BCUT2D eigenvalue weighted by atomic mass is 9.89. The second-order valence-electron chi connectivity index (χ2n) is 6.95. The summed E-state index contributed by atoms with van der Waals surface area (Å²) in [7, 11) is 3.13. The zero-order chi connectivity index (χ0) is 19.3. The highest BCUT2D eigenvalue weighted by molar-refractivity contribution is 5.79. The van der Waals surface area contributed by atoms with Gasteiger partial charge in [0.15, 0.2) is 11.5 Å². The molecule has 0 aromatic heterocycles. The Hall–Kier alpha value is -2.24. The SMILES string of the molecule is CCCC(C)CC(=O)N1CCc2cc(OC)c(OC)cc2C1CC(=O)O. The third kappa shape index (κ3) is 4.48. The van der Waals surface area contributed by atoms with Crippen molar-refractivity contribution in [1.82, 2.24) is 4.90 Å². The molecule has 1 aromatic rings. The molecule has 0 spiro atoms. The average Bonchev–Trinajstić information content (AvgIpc) is 2.60. The maximum absolute atomic E-state index is 12.8. The number of hydrogen-bond acceptors (Lipinski definition) is 4. The summed E-state index contributed by atoms with van der Waals surface area (Å²) in [4.78, 5) is 26.0. The number of carbonyl (C=O) groups excluding carboxylic acids is 1. The van der Waals surface area contributed by atoms with E-state index >= 15 is 0 Å². The van der Waals surface area contributed by atoms with Crippen LogP contribution >= 0.6 is 0 Å². The highest BCUT2D eigenvalue weighted by Gasteiger charge is 2.33. The van der Waals surface area contributed by atoms with Crippen LogP contribution in [-0.2, 0) is 16.0 Å². The van der Waals surface area contributed by atoms with Gasteiger partial charge in [0, 0.05) is 13.0 Å². The number of fused-ring (bicyclic) bond motifs is 1. The maximum atomic E-state index is 12.8. The van der Waals surface area contributed by atoms with Gasteiger partial charge in [-0.05, 0) is 35.6 Å². The minimum absolute atomic E-state index is 0.0256. The third-order valence-corrected chi connectivity index (χ3v) is 5.00. The topological polar surface area (TPSA) is 76.1 Å². The number of nitrogens with zero attached hydrogens (tertiary/aromatic N) is 1. The Morgan fingerprint density at radius 3 is 2.50 bits per heavy atom. The molecule has 0 radical (unpaired) electrons. The van der Waals surface area contributed by atoms with Crippen molar-refractivity contribution in [2.24, 2.45) is 5.92 Å². The predicted molar refractivity (Wildman–Crippen MR) is 98.6 cm³/mol. The number of carboxylic acid groups (broad SMARTS) is 1. The fourth-order valence-electron chi connectivity index (χ4n) is 3.72. The summed E-state index contributed by atoms with van der Waals surface area (Å²) in [5.41, 5.74) is 1.85. The normalized spacial score (nSPS) is 17.4. The lowest BCUT2D eigenvalue weighted by Gasteiger charge is -2.37. The van der Waals surface area contributed by atoms with E-state index in [9.17, 15) is 14.7 Å². The number of rotatable bonds is 8. The second-order valence-corrected chi connectivity index (χ2v) is 6.95. The van der Waals surface area contributed by atoms with Crippen LogP contribution < -0.4 is 9.47 Å². The molecule has 2 rings (SSSR count). The van der Waals surface area contributed by atoms with E-state index in [1.807, 2.05) is 12.1 Å². The van der Waals surface area contributed by atoms with E-state index in [1.54, 1.807) is 19.1 Å². The van der Waals surface area contributed by atoms with E-state index in [1.165, 1.54) is 0 Å². The number of carboxylic acids is 1. The van der Waals surface area contributed by atoms with Crippen LogP contribution in [0.25, 0.3) is 0 Å². The largest absolute Gasteiger partial charge is 0.493 e. The summed E-state index contributed by atoms with van der Waals surface area (Å²) in [6.45, 7) is 4.70. The lowest BCUT2D eigenvalue weighted by Crippen LogP contribution is -2.41. The van der Waals surface area contributed by atoms with Crippen molar-refractivity contribution < 1.29 is 24.2 Å². The first kappa shape index (κ1) is 20.1. The van der Waals surface area contributed by atoms with Gasteiger partial charge in [0.05, 0.1) is 26.7 Å². The van der Waals surface area contributed by atoms with Crippen LogP contribution in [0.4, 0.5) is 0 Å². The summed E-state index contributed by atoms with van der Waals surface area (Å²) in [5, 5.41) is 9.39. The van der Waals surface area contributed by atoms with Gasteiger partial charge in [0.2, 0.25) is 5.91 Å². The quantitative estimate of drug-likeness (QED) is 0.766. The van der Waals surface area contributed by atoms with E-state index < -0.39 is 12.0 Å². The van der Waals surface area contributed by atoms with Gasteiger partial charge in [0.25, 0.3) is 0 Å². The molecule has 1 amide bonds. The van der Waals surface area contributed by atoms with E-state index in [2.05, 4.69) is 13.8 Å². The molecule has 2 atom stereocenters. The second kappa shape index (κ2) is 8.92. The fraction of sp³-hybridized carbons (Fsp3) is 0.600. The summed E-state index contributed by atoms with van der Waals surface area (Å²) in [6.07, 6.45) is 3.04. The number of methoxy groups -OCH3 is 2. The zero-order valence-electron chi connectivity index (χ0n) is 16.1. The first-order valence-corrected chi connectivity index (χ1v) is 9.17. The maximum Gasteiger partial charge on any atom is 0.305 e. The highest BCUT2D eigenvalue weighted by atomic mass is 16.5. The van der Waals surface area contributed by atoms with Crippen molar-refractivity contribution in [1.29, 1.82) is 0 Å². The van der Waals surface area contributed by atoms with Gasteiger partial charge in [-0.3, -0.25) is 9.59 Å². The van der Waals surface area contributed by atoms with Crippen molar-refractivity contribution in [2.75, 3.05) is 20.8 Å². The van der Waals surface area contributed by atoms with Gasteiger partial charge < -0.3 is 19.5 Å². The number of carbonyl (C=O) groups is 2. The average molecular weight is 363 g/mol. The molecule has 1 aliphatic rings. The zero-order valence-corrected chi connectivity index (χ0v) is 16.1. The molecule has 1 heterocycles. The van der Waals surface area contributed by atoms with Gasteiger partial charge in [-0.25, -0.2) is 0 Å². The number of amides is 1. The first-order chi connectivity index (χ1) is 12.4. The van der Waals surface area contributed by atoms with E-state index in [4.69, 9.17) is 9.47 Å². The smallest absolute Gasteiger partial charge is 0.305 e. The Labute approximate surface area is 155 Å². The summed E-state index contributed by atoms with van der Waals surface area (Å²) in [6, 6.07) is 3.23.